The van der Waals surface area contributed by atoms with Crippen LogP contribution in [0.1, 0.15) is 34.9 Å². The van der Waals surface area contributed by atoms with Gasteiger partial charge in [0.15, 0.2) is 0 Å². The first-order valence-corrected chi connectivity index (χ1v) is 9.07. The lowest BCUT2D eigenvalue weighted by Gasteiger charge is -2.14. The second-order valence-electron chi connectivity index (χ2n) is 6.38. The fourth-order valence-corrected chi connectivity index (χ4v) is 2.93. The summed E-state index contributed by atoms with van der Waals surface area (Å²) in [5.41, 5.74) is 2.52. The highest BCUT2D eigenvalue weighted by Gasteiger charge is 2.38. The van der Waals surface area contributed by atoms with Crippen molar-refractivity contribution < 1.29 is 31.1 Å². The number of hydrogen-bond acceptors (Lipinski definition) is 7. The number of aromatic nitrogens is 3. The van der Waals surface area contributed by atoms with Gasteiger partial charge < -0.3 is 13.8 Å². The second kappa shape index (κ2) is 8.87. The summed E-state index contributed by atoms with van der Waals surface area (Å²) < 4.78 is 58.5. The van der Waals surface area contributed by atoms with Gasteiger partial charge in [0.25, 0.3) is 0 Å². The molecule has 0 N–H and O–H groups in total. The molecule has 1 aromatic carbocycles. The summed E-state index contributed by atoms with van der Waals surface area (Å²) in [6.07, 6.45) is -3.33. The Labute approximate surface area is 169 Å². The SMILES string of the molecule is Cc1cc(CCCOc2c(C)cc(-c3noc(C(F)(F)F)n3)cc2CO[SH2+])on1. The Kier molecular flexibility index (Phi) is 6.48. The van der Waals surface area contributed by atoms with Crippen molar-refractivity contribution in [2.45, 2.75) is 39.5 Å². The number of halogens is 3. The van der Waals surface area contributed by atoms with Crippen molar-refractivity contribution >= 4 is 12.9 Å². The predicted octanol–water partition coefficient (Wildman–Crippen LogP) is 3.81. The summed E-state index contributed by atoms with van der Waals surface area (Å²) in [6.45, 7) is 4.17. The van der Waals surface area contributed by atoms with E-state index in [1.807, 2.05) is 13.0 Å². The van der Waals surface area contributed by atoms with Gasteiger partial charge in [0.05, 0.1) is 12.3 Å². The van der Waals surface area contributed by atoms with Crippen LogP contribution in [0.25, 0.3) is 11.4 Å². The Hall–Kier alpha value is -2.53. The molecule has 0 aliphatic rings. The normalized spacial score (nSPS) is 11.8. The smallest absolute Gasteiger partial charge is 0.471 e. The van der Waals surface area contributed by atoms with Crippen molar-refractivity contribution in [3.05, 3.63) is 46.7 Å². The lowest BCUT2D eigenvalue weighted by Crippen LogP contribution is -2.05. The molecule has 0 aliphatic heterocycles. The predicted molar refractivity (Wildman–Crippen MR) is 99.5 cm³/mol. The van der Waals surface area contributed by atoms with Crippen LogP contribution in [0, 0.1) is 13.8 Å². The van der Waals surface area contributed by atoms with Gasteiger partial charge in [0, 0.05) is 23.6 Å². The van der Waals surface area contributed by atoms with Gasteiger partial charge in [-0.15, -0.1) is 0 Å². The molecule has 0 radical (unpaired) electrons. The van der Waals surface area contributed by atoms with E-state index in [9.17, 15) is 13.2 Å². The van der Waals surface area contributed by atoms with Gasteiger partial charge >= 0.3 is 12.1 Å². The molecule has 29 heavy (non-hydrogen) atoms. The molecule has 3 aromatic rings. The van der Waals surface area contributed by atoms with Crippen LogP contribution >= 0.6 is 0 Å². The molecule has 0 aliphatic carbocycles. The molecule has 2 heterocycles. The molecule has 3 rings (SSSR count). The summed E-state index contributed by atoms with van der Waals surface area (Å²) in [6, 6.07) is 5.11. The summed E-state index contributed by atoms with van der Waals surface area (Å²) in [4.78, 5) is 3.42. The third kappa shape index (κ3) is 5.30. The van der Waals surface area contributed by atoms with Crippen LogP contribution in [0.2, 0.25) is 0 Å². The van der Waals surface area contributed by atoms with Crippen molar-refractivity contribution in [3.8, 4) is 17.1 Å². The van der Waals surface area contributed by atoms with Gasteiger partial charge in [-0.3, -0.25) is 0 Å². The fourth-order valence-electron chi connectivity index (χ4n) is 2.78. The van der Waals surface area contributed by atoms with Gasteiger partial charge in [-0.2, -0.15) is 22.3 Å². The molecule has 0 spiro atoms. The first-order chi connectivity index (χ1) is 13.8. The molecule has 0 saturated heterocycles. The maximum atomic E-state index is 12.7. The Morgan fingerprint density at radius 1 is 1.10 bits per heavy atom. The number of alkyl halides is 3. The van der Waals surface area contributed by atoms with Crippen LogP contribution in [0.4, 0.5) is 13.2 Å². The highest BCUT2D eigenvalue weighted by Crippen LogP contribution is 2.33. The standard InChI is InChI=1S/C18H18F3N3O4S/c1-10-6-12(16-22-17(28-24-16)18(19,20)21)8-13(9-26-29)15(10)25-5-3-4-14-7-11(2)23-27-14/h6-8,29H,3-5,9H2,1-2H3/p+1. The minimum Gasteiger partial charge on any atom is -0.493 e. The lowest BCUT2D eigenvalue weighted by atomic mass is 10.0. The van der Waals surface area contributed by atoms with Crippen LogP contribution in [0.5, 0.6) is 5.75 Å². The molecule has 0 saturated carbocycles. The third-order valence-corrected chi connectivity index (χ3v) is 4.14. The molecule has 0 atom stereocenters. The number of ether oxygens (including phenoxy) is 1. The molecule has 2 aromatic heterocycles. The van der Waals surface area contributed by atoms with Crippen molar-refractivity contribution in [1.82, 2.24) is 15.3 Å². The van der Waals surface area contributed by atoms with E-state index in [-0.39, 0.29) is 12.4 Å². The zero-order chi connectivity index (χ0) is 21.0. The first kappa shape index (κ1) is 21.2. The first-order valence-electron chi connectivity index (χ1n) is 8.66. The van der Waals surface area contributed by atoms with E-state index >= 15 is 0 Å². The van der Waals surface area contributed by atoms with Gasteiger partial charge in [-0.1, -0.05) is 10.3 Å². The minimum absolute atomic E-state index is 0.131. The van der Waals surface area contributed by atoms with Crippen LogP contribution in [-0.4, -0.2) is 21.9 Å². The Morgan fingerprint density at radius 2 is 1.90 bits per heavy atom. The van der Waals surface area contributed by atoms with Crippen molar-refractivity contribution in [2.75, 3.05) is 6.61 Å². The third-order valence-electron chi connectivity index (χ3n) is 4.00. The van der Waals surface area contributed by atoms with E-state index in [2.05, 4.69) is 32.7 Å². The maximum absolute atomic E-state index is 12.7. The monoisotopic (exact) mass is 430 g/mol. The fraction of sp³-hybridized carbons (Fsp3) is 0.389. The summed E-state index contributed by atoms with van der Waals surface area (Å²) >= 11 is 2.95. The zero-order valence-electron chi connectivity index (χ0n) is 15.7. The highest BCUT2D eigenvalue weighted by atomic mass is 32.1. The maximum Gasteiger partial charge on any atom is 0.471 e. The van der Waals surface area contributed by atoms with Crippen molar-refractivity contribution in [2.24, 2.45) is 0 Å². The summed E-state index contributed by atoms with van der Waals surface area (Å²) in [5.74, 6) is -0.200. The topological polar surface area (TPSA) is 83.4 Å². The molecule has 0 unspecified atom stereocenters. The van der Waals surface area contributed by atoms with E-state index in [1.165, 1.54) is 0 Å². The molecule has 7 nitrogen and oxygen atoms in total. The lowest BCUT2D eigenvalue weighted by molar-refractivity contribution is -0.159. The van der Waals surface area contributed by atoms with Crippen LogP contribution in [0.3, 0.4) is 0 Å². The van der Waals surface area contributed by atoms with Crippen LogP contribution in [0.15, 0.2) is 27.2 Å². The van der Waals surface area contributed by atoms with Gasteiger partial charge in [0.1, 0.15) is 31.0 Å². The summed E-state index contributed by atoms with van der Waals surface area (Å²) in [5, 5.41) is 7.25. The number of hydrogen-bond donors (Lipinski definition) is 0. The Balaban J connectivity index is 1.74. The van der Waals surface area contributed by atoms with E-state index in [4.69, 9.17) is 13.4 Å². The number of rotatable bonds is 8. The number of nitrogens with zero attached hydrogens (tertiary/aromatic N) is 3. The van der Waals surface area contributed by atoms with Crippen molar-refractivity contribution in [1.29, 1.82) is 0 Å². The van der Waals surface area contributed by atoms with Crippen molar-refractivity contribution in [3.63, 3.8) is 0 Å². The van der Waals surface area contributed by atoms with Crippen LogP contribution < -0.4 is 4.74 Å². The minimum atomic E-state index is -4.70. The van der Waals surface area contributed by atoms with Crippen LogP contribution in [-0.2, 0) is 36.3 Å². The molecular formula is C18H19F3N3O4S+. The van der Waals surface area contributed by atoms with Gasteiger partial charge in [-0.25, -0.2) is 0 Å². The largest absolute Gasteiger partial charge is 0.493 e. The van der Waals surface area contributed by atoms with E-state index in [0.717, 1.165) is 11.5 Å². The number of aryl methyl sites for hydroxylation is 3. The van der Waals surface area contributed by atoms with E-state index in [1.54, 1.807) is 19.1 Å². The second-order valence-corrected chi connectivity index (χ2v) is 6.67. The molecule has 156 valence electrons. The average molecular weight is 430 g/mol. The zero-order valence-corrected chi connectivity index (χ0v) is 16.7. The summed E-state index contributed by atoms with van der Waals surface area (Å²) in [7, 11) is 0. The molecule has 11 heteroatoms. The Morgan fingerprint density at radius 3 is 2.52 bits per heavy atom. The average Bonchev–Trinajstić information content (AvgIpc) is 3.29. The molecular weight excluding hydrogens is 411 g/mol. The Bertz CT molecular complexity index is 972. The molecule has 0 fully saturated rings. The van der Waals surface area contributed by atoms with Gasteiger partial charge in [-0.05, 0) is 38.0 Å². The van der Waals surface area contributed by atoms with Gasteiger partial charge in [0.2, 0.25) is 5.82 Å². The quantitative estimate of drug-likeness (QED) is 0.397. The highest BCUT2D eigenvalue weighted by molar-refractivity contribution is 7.53. The number of benzene rings is 1. The van der Waals surface area contributed by atoms with E-state index in [0.29, 0.717) is 41.9 Å². The molecule has 0 bridgehead atoms. The van der Waals surface area contributed by atoms with E-state index < -0.39 is 12.1 Å². The molecule has 0 amide bonds.